The van der Waals surface area contributed by atoms with Crippen molar-refractivity contribution in [3.8, 4) is 0 Å². The van der Waals surface area contributed by atoms with Gasteiger partial charge in [-0.1, -0.05) is 70.0 Å². The molecule has 1 N–H and O–H groups in total. The number of nitrogens with zero attached hydrogens (tertiary/aromatic N) is 5. The Hall–Kier alpha value is -3.37. The highest BCUT2D eigenvalue weighted by Crippen LogP contribution is 2.42. The van der Waals surface area contributed by atoms with Gasteiger partial charge in [-0.3, -0.25) is 19.6 Å². The number of carbonyl (C=O) groups is 2. The van der Waals surface area contributed by atoms with Gasteiger partial charge in [-0.15, -0.1) is 0 Å². The number of carbonyl (C=O) groups excluding carboxylic acids is 2. The van der Waals surface area contributed by atoms with E-state index in [0.717, 1.165) is 24.5 Å². The first-order valence-electron chi connectivity index (χ1n) is 14.7. The SMILES string of the molecule is CCCCCN1C(=O)C2N(N(CC)CCO)C(Cc3ccccc3)=NC2(CC)N(CCc2ccc(F)cc2F)C1=O. The average Bonchev–Trinajstić information content (AvgIpc) is 3.29. The Balaban J connectivity index is 1.81. The van der Waals surface area contributed by atoms with Crippen LogP contribution in [0.5, 0.6) is 0 Å². The number of likely N-dealkylation sites (N-methyl/N-ethyl adjacent to an activating group) is 1. The summed E-state index contributed by atoms with van der Waals surface area (Å²) in [6.07, 6.45) is 3.40. The van der Waals surface area contributed by atoms with Crippen LogP contribution in [0, 0.1) is 11.6 Å². The second kappa shape index (κ2) is 13.5. The summed E-state index contributed by atoms with van der Waals surface area (Å²) in [6, 6.07) is 12.0. The van der Waals surface area contributed by atoms with Crippen LogP contribution in [0.3, 0.4) is 0 Å². The summed E-state index contributed by atoms with van der Waals surface area (Å²) in [5.74, 6) is -1.02. The molecule has 2 heterocycles. The van der Waals surface area contributed by atoms with Gasteiger partial charge in [-0.05, 0) is 36.5 Å². The van der Waals surface area contributed by atoms with Gasteiger partial charge in [-0.25, -0.2) is 23.6 Å². The molecule has 2 aliphatic rings. The van der Waals surface area contributed by atoms with E-state index in [2.05, 4.69) is 6.92 Å². The van der Waals surface area contributed by atoms with Gasteiger partial charge in [0.25, 0.3) is 5.91 Å². The van der Waals surface area contributed by atoms with Crippen LogP contribution in [-0.2, 0) is 17.6 Å². The summed E-state index contributed by atoms with van der Waals surface area (Å²) in [5, 5.41) is 13.7. The monoisotopic (exact) mass is 569 g/mol. The first kappa shape index (κ1) is 30.6. The van der Waals surface area contributed by atoms with Crippen LogP contribution in [0.15, 0.2) is 53.5 Å². The van der Waals surface area contributed by atoms with Crippen molar-refractivity contribution in [3.05, 3.63) is 71.3 Å². The summed E-state index contributed by atoms with van der Waals surface area (Å²) in [7, 11) is 0. The molecule has 0 bridgehead atoms. The summed E-state index contributed by atoms with van der Waals surface area (Å²) in [4.78, 5) is 36.5. The lowest BCUT2D eigenvalue weighted by Gasteiger charge is -2.51. The number of hydrogen-bond acceptors (Lipinski definition) is 6. The summed E-state index contributed by atoms with van der Waals surface area (Å²) >= 11 is 0. The Morgan fingerprint density at radius 1 is 1.02 bits per heavy atom. The molecule has 2 aliphatic heterocycles. The molecule has 0 aromatic heterocycles. The van der Waals surface area contributed by atoms with Gasteiger partial charge in [0.2, 0.25) is 0 Å². The highest BCUT2D eigenvalue weighted by Gasteiger charge is 2.62. The van der Waals surface area contributed by atoms with E-state index in [0.29, 0.717) is 38.2 Å². The molecule has 1 saturated heterocycles. The first-order valence-corrected chi connectivity index (χ1v) is 14.7. The van der Waals surface area contributed by atoms with Crippen molar-refractivity contribution in [1.29, 1.82) is 0 Å². The third-order valence-electron chi connectivity index (χ3n) is 8.06. The standard InChI is InChI=1S/C31H41F2N5O3/c1-4-7-11-17-36-29(40)28-31(5-2,37(30(36)41)18-16-24-14-15-25(32)22-26(24)33)34-27(21-23-12-9-8-10-13-23)38(28)35(6-3)19-20-39/h8-10,12-15,22,28,39H,4-7,11,16-21H2,1-3H3. The fourth-order valence-corrected chi connectivity index (χ4v) is 5.94. The lowest BCUT2D eigenvalue weighted by Crippen LogP contribution is -2.74. The number of aliphatic imine (C=N–C) groups is 1. The summed E-state index contributed by atoms with van der Waals surface area (Å²) in [5.41, 5.74) is 0.0637. The van der Waals surface area contributed by atoms with Crippen LogP contribution in [0.25, 0.3) is 0 Å². The number of urea groups is 1. The fraction of sp³-hybridized carbons (Fsp3) is 0.516. The smallest absolute Gasteiger partial charge is 0.328 e. The number of halogens is 2. The number of benzene rings is 2. The van der Waals surface area contributed by atoms with Crippen LogP contribution in [-0.4, -0.2) is 87.2 Å². The number of amidine groups is 1. The van der Waals surface area contributed by atoms with Crippen LogP contribution in [0.1, 0.15) is 57.6 Å². The number of amides is 3. The minimum atomic E-state index is -1.22. The van der Waals surface area contributed by atoms with Crippen molar-refractivity contribution in [1.82, 2.24) is 19.8 Å². The Labute approximate surface area is 241 Å². The minimum absolute atomic E-state index is 0.103. The molecule has 41 heavy (non-hydrogen) atoms. The zero-order chi connectivity index (χ0) is 29.6. The number of rotatable bonds is 14. The van der Waals surface area contributed by atoms with Crippen LogP contribution in [0.4, 0.5) is 13.6 Å². The van der Waals surface area contributed by atoms with E-state index in [1.165, 1.54) is 17.0 Å². The lowest BCUT2D eigenvalue weighted by atomic mass is 9.91. The highest BCUT2D eigenvalue weighted by atomic mass is 19.1. The van der Waals surface area contributed by atoms with Gasteiger partial charge >= 0.3 is 6.03 Å². The molecule has 8 nitrogen and oxygen atoms in total. The zero-order valence-electron chi connectivity index (χ0n) is 24.2. The molecule has 222 valence electrons. The second-order valence-corrected chi connectivity index (χ2v) is 10.6. The van der Waals surface area contributed by atoms with E-state index in [1.807, 2.05) is 54.2 Å². The van der Waals surface area contributed by atoms with E-state index in [4.69, 9.17) is 4.99 Å². The predicted molar refractivity (Wildman–Crippen MR) is 154 cm³/mol. The van der Waals surface area contributed by atoms with Crippen LogP contribution < -0.4 is 0 Å². The maximum atomic E-state index is 14.6. The number of unbranched alkanes of at least 4 members (excludes halogenated alkanes) is 2. The van der Waals surface area contributed by atoms with Gasteiger partial charge in [0.1, 0.15) is 17.5 Å². The molecule has 3 amide bonds. The molecular weight excluding hydrogens is 528 g/mol. The maximum absolute atomic E-state index is 14.6. The van der Waals surface area contributed by atoms with Crippen molar-refractivity contribution < 1.29 is 23.5 Å². The average molecular weight is 570 g/mol. The molecule has 2 aromatic carbocycles. The first-order chi connectivity index (χ1) is 19.8. The molecule has 0 radical (unpaired) electrons. The largest absolute Gasteiger partial charge is 0.395 e. The molecule has 2 atom stereocenters. The zero-order valence-corrected chi connectivity index (χ0v) is 24.2. The maximum Gasteiger partial charge on any atom is 0.328 e. The quantitative estimate of drug-likeness (QED) is 0.336. The van der Waals surface area contributed by atoms with Crippen molar-refractivity contribution >= 4 is 17.8 Å². The van der Waals surface area contributed by atoms with E-state index in [9.17, 15) is 23.5 Å². The molecule has 0 spiro atoms. The predicted octanol–water partition coefficient (Wildman–Crippen LogP) is 4.62. The molecule has 10 heteroatoms. The van der Waals surface area contributed by atoms with Crippen molar-refractivity contribution in [2.24, 2.45) is 4.99 Å². The number of imide groups is 1. The highest BCUT2D eigenvalue weighted by molar-refractivity contribution is 6.05. The molecule has 1 fully saturated rings. The van der Waals surface area contributed by atoms with E-state index < -0.39 is 29.4 Å². The van der Waals surface area contributed by atoms with Gasteiger partial charge in [0.15, 0.2) is 11.7 Å². The van der Waals surface area contributed by atoms with Gasteiger partial charge in [0, 0.05) is 38.7 Å². The lowest BCUT2D eigenvalue weighted by molar-refractivity contribution is -0.151. The minimum Gasteiger partial charge on any atom is -0.395 e. The molecule has 4 rings (SSSR count). The number of aliphatic hydroxyl groups excluding tert-OH is 1. The molecule has 2 unspecified atom stereocenters. The number of fused-ring (bicyclic) bond motifs is 1. The molecular formula is C31H41F2N5O3. The number of hydrogen-bond donors (Lipinski definition) is 1. The summed E-state index contributed by atoms with van der Waals surface area (Å²) < 4.78 is 28.2. The van der Waals surface area contributed by atoms with E-state index >= 15 is 0 Å². The van der Waals surface area contributed by atoms with E-state index in [-0.39, 0.29) is 37.6 Å². The van der Waals surface area contributed by atoms with Crippen LogP contribution in [0.2, 0.25) is 0 Å². The Morgan fingerprint density at radius 3 is 2.41 bits per heavy atom. The fourth-order valence-electron chi connectivity index (χ4n) is 5.94. The third-order valence-corrected chi connectivity index (χ3v) is 8.06. The van der Waals surface area contributed by atoms with Crippen molar-refractivity contribution in [3.63, 3.8) is 0 Å². The van der Waals surface area contributed by atoms with Gasteiger partial charge < -0.3 is 5.11 Å². The van der Waals surface area contributed by atoms with Gasteiger partial charge in [-0.2, -0.15) is 0 Å². The topological polar surface area (TPSA) is 79.7 Å². The van der Waals surface area contributed by atoms with Crippen molar-refractivity contribution in [2.75, 3.05) is 32.8 Å². The second-order valence-electron chi connectivity index (χ2n) is 10.6. The van der Waals surface area contributed by atoms with Gasteiger partial charge in [0.05, 0.1) is 6.61 Å². The molecule has 0 saturated carbocycles. The molecule has 2 aromatic rings. The Morgan fingerprint density at radius 2 is 1.78 bits per heavy atom. The normalized spacial score (nSPS) is 20.7. The van der Waals surface area contributed by atoms with Crippen LogP contribution >= 0.6 is 0 Å². The number of hydrazine groups is 1. The third kappa shape index (κ3) is 6.13. The summed E-state index contributed by atoms with van der Waals surface area (Å²) in [6.45, 7) is 6.98. The van der Waals surface area contributed by atoms with E-state index in [1.54, 1.807) is 4.90 Å². The molecule has 0 aliphatic carbocycles. The van der Waals surface area contributed by atoms with Crippen molar-refractivity contribution in [2.45, 2.75) is 71.0 Å². The Kier molecular flexibility index (Phi) is 10.1. The number of aliphatic hydroxyl groups is 1. The Bertz CT molecular complexity index is 1240.